The quantitative estimate of drug-likeness (QED) is 0.191. The maximum atomic E-state index is 13.7. The Hall–Kier alpha value is -3.00. The van der Waals surface area contributed by atoms with E-state index in [1.54, 1.807) is 5.32 Å². The molecule has 1 amide bonds. The van der Waals surface area contributed by atoms with Gasteiger partial charge in [-0.25, -0.2) is 0 Å². The maximum absolute atomic E-state index is 13.7. The predicted octanol–water partition coefficient (Wildman–Crippen LogP) is 6.23. The van der Waals surface area contributed by atoms with Crippen molar-refractivity contribution in [2.45, 2.75) is 41.7 Å². The van der Waals surface area contributed by atoms with E-state index in [2.05, 4.69) is 4.74 Å². The Morgan fingerprint density at radius 3 is 1.47 bits per heavy atom. The molecule has 38 heavy (non-hydrogen) atoms. The van der Waals surface area contributed by atoms with Crippen molar-refractivity contribution >= 4 is 5.91 Å². The highest BCUT2D eigenvalue weighted by Gasteiger charge is 2.93. The molecule has 0 heterocycles. The van der Waals surface area contributed by atoms with Crippen molar-refractivity contribution in [3.05, 3.63) is 41.7 Å². The van der Waals surface area contributed by atoms with Crippen molar-refractivity contribution in [1.29, 1.82) is 0 Å². The Balaban J connectivity index is 3.48. The summed E-state index contributed by atoms with van der Waals surface area (Å²) in [6, 6.07) is -1.57. The number of carbonyl (C=O) groups excluding carboxylic acids is 1. The van der Waals surface area contributed by atoms with Gasteiger partial charge in [0.05, 0.1) is 0 Å². The molecule has 0 spiro atoms. The van der Waals surface area contributed by atoms with E-state index in [9.17, 15) is 79.4 Å². The van der Waals surface area contributed by atoms with Gasteiger partial charge in [0.15, 0.2) is 0 Å². The highest BCUT2D eigenvalue weighted by atomic mass is 19.4. The zero-order chi connectivity index (χ0) is 30.3. The molecule has 0 aliphatic carbocycles. The lowest BCUT2D eigenvalue weighted by Gasteiger charge is -2.41. The van der Waals surface area contributed by atoms with Crippen LogP contribution in [-0.2, 0) is 0 Å². The molecule has 1 aromatic rings. The average molecular weight is 597 g/mol. The number of benzene rings is 1. The summed E-state index contributed by atoms with van der Waals surface area (Å²) in [5.74, 6) is -56.7. The predicted molar refractivity (Wildman–Crippen MR) is 86.6 cm³/mol. The zero-order valence-electron chi connectivity index (χ0n) is 17.2. The molecule has 0 radical (unpaired) electrons. The number of rotatable bonds is 10. The maximum Gasteiger partial charge on any atom is 0.460 e. The van der Waals surface area contributed by atoms with Gasteiger partial charge in [0.25, 0.3) is 5.91 Å². The highest BCUT2D eigenvalue weighted by Crippen LogP contribution is 2.63. The first kappa shape index (κ1) is 33.0. The molecule has 0 aliphatic heterocycles. The molecule has 0 aliphatic rings. The third kappa shape index (κ3) is 5.03. The van der Waals surface area contributed by atoms with E-state index >= 15 is 0 Å². The van der Waals surface area contributed by atoms with Gasteiger partial charge in [0.2, 0.25) is 5.83 Å². The topological polar surface area (TPSA) is 58.6 Å². The average Bonchev–Trinajstić information content (AvgIpc) is 2.77. The van der Waals surface area contributed by atoms with E-state index in [4.69, 9.17) is 5.11 Å². The second-order valence-electron chi connectivity index (χ2n) is 6.82. The van der Waals surface area contributed by atoms with Crippen LogP contribution < -0.4 is 10.1 Å². The van der Waals surface area contributed by atoms with Gasteiger partial charge in [-0.05, 0) is 24.3 Å². The molecule has 0 saturated heterocycles. The van der Waals surface area contributed by atoms with Crippen LogP contribution in [0.3, 0.4) is 0 Å². The third-order valence-electron chi connectivity index (χ3n) is 4.34. The lowest BCUT2D eigenvalue weighted by Crippen LogP contribution is -2.72. The monoisotopic (exact) mass is 597 g/mol. The summed E-state index contributed by atoms with van der Waals surface area (Å²) in [4.78, 5) is 11.4. The molecular formula is C17H8F17NO3. The van der Waals surface area contributed by atoms with Crippen LogP contribution in [0.2, 0.25) is 0 Å². The van der Waals surface area contributed by atoms with Gasteiger partial charge in [-0.15, -0.1) is 0 Å². The van der Waals surface area contributed by atoms with Crippen LogP contribution in [0.25, 0.3) is 0 Å². The van der Waals surface area contributed by atoms with Crippen molar-refractivity contribution in [2.24, 2.45) is 0 Å². The fourth-order valence-electron chi connectivity index (χ4n) is 2.22. The third-order valence-corrected chi connectivity index (χ3v) is 4.34. The Bertz CT molecular complexity index is 1050. The fraction of sp³-hybridized carbons (Fsp3) is 0.471. The lowest BCUT2D eigenvalue weighted by atomic mass is 9.91. The first-order valence-electron chi connectivity index (χ1n) is 8.82. The van der Waals surface area contributed by atoms with Gasteiger partial charge in [-0.1, -0.05) is 0 Å². The SMILES string of the molecule is O=C(NCO)c1ccc(OC(F)=C(F)C(F)(F)C(F)(F)C(F)(F)C(F)(F)C(F)(F)C(F)(F)C(F)(F)F)cc1. The van der Waals surface area contributed by atoms with E-state index in [-0.39, 0.29) is 0 Å². The van der Waals surface area contributed by atoms with Gasteiger partial charge < -0.3 is 15.2 Å². The summed E-state index contributed by atoms with van der Waals surface area (Å²) in [5, 5.41) is 10.3. The number of nitrogens with one attached hydrogen (secondary N) is 1. The van der Waals surface area contributed by atoms with Crippen LogP contribution in [0.4, 0.5) is 74.6 Å². The van der Waals surface area contributed by atoms with E-state index in [1.807, 2.05) is 0 Å². The second kappa shape index (κ2) is 9.95. The van der Waals surface area contributed by atoms with E-state index in [0.29, 0.717) is 24.3 Å². The minimum atomic E-state index is -8.67. The fourth-order valence-corrected chi connectivity index (χ4v) is 2.22. The number of aliphatic hydroxyl groups is 1. The first-order chi connectivity index (χ1) is 16.8. The molecule has 0 unspecified atom stereocenters. The largest absolute Gasteiger partial charge is 0.460 e. The summed E-state index contributed by atoms with van der Waals surface area (Å²) in [6.45, 7) is -0.910. The lowest BCUT2D eigenvalue weighted by molar-refractivity contribution is -0.451. The minimum Gasteiger partial charge on any atom is -0.430 e. The van der Waals surface area contributed by atoms with Gasteiger partial charge in [-0.3, -0.25) is 4.79 Å². The normalized spacial score (nSPS) is 15.2. The van der Waals surface area contributed by atoms with E-state index in [0.717, 1.165) is 0 Å². The summed E-state index contributed by atoms with van der Waals surface area (Å²) < 4.78 is 227. The van der Waals surface area contributed by atoms with Gasteiger partial charge in [0.1, 0.15) is 12.5 Å². The zero-order valence-corrected chi connectivity index (χ0v) is 17.2. The molecule has 0 saturated carbocycles. The smallest absolute Gasteiger partial charge is 0.430 e. The summed E-state index contributed by atoms with van der Waals surface area (Å²) in [6.07, 6.45) is -7.81. The second-order valence-corrected chi connectivity index (χ2v) is 6.82. The molecule has 0 atom stereocenters. The molecule has 0 bridgehead atoms. The van der Waals surface area contributed by atoms with Crippen molar-refractivity contribution in [3.8, 4) is 5.75 Å². The van der Waals surface area contributed by atoms with Crippen LogP contribution >= 0.6 is 0 Å². The van der Waals surface area contributed by atoms with E-state index in [1.165, 1.54) is 0 Å². The van der Waals surface area contributed by atoms with Crippen LogP contribution in [0, 0.1) is 0 Å². The first-order valence-corrected chi connectivity index (χ1v) is 8.82. The number of allylic oxidation sites excluding steroid dienone is 1. The molecule has 1 rings (SSSR count). The number of aliphatic hydroxyl groups excluding tert-OH is 1. The Morgan fingerprint density at radius 1 is 0.684 bits per heavy atom. The van der Waals surface area contributed by atoms with Gasteiger partial charge in [0, 0.05) is 5.56 Å². The Kier molecular flexibility index (Phi) is 8.65. The van der Waals surface area contributed by atoms with Crippen LogP contribution in [0.15, 0.2) is 36.1 Å². The van der Waals surface area contributed by atoms with Crippen molar-refractivity contribution in [1.82, 2.24) is 5.32 Å². The summed E-state index contributed by atoms with van der Waals surface area (Å²) in [5.41, 5.74) is -0.397. The van der Waals surface area contributed by atoms with Gasteiger partial charge >= 0.3 is 47.7 Å². The molecule has 4 nitrogen and oxygen atoms in total. The summed E-state index contributed by atoms with van der Waals surface area (Å²) in [7, 11) is 0. The number of hydrogen-bond donors (Lipinski definition) is 2. The Labute approximate surface area is 197 Å². The molecule has 2 N–H and O–H groups in total. The highest BCUT2D eigenvalue weighted by molar-refractivity contribution is 5.94. The van der Waals surface area contributed by atoms with Crippen molar-refractivity contribution in [2.75, 3.05) is 6.73 Å². The van der Waals surface area contributed by atoms with Crippen molar-refractivity contribution in [3.63, 3.8) is 0 Å². The van der Waals surface area contributed by atoms with Crippen molar-refractivity contribution < 1.29 is 89.3 Å². The molecule has 0 fully saturated rings. The number of hydrogen-bond acceptors (Lipinski definition) is 3. The molecule has 1 aromatic carbocycles. The van der Waals surface area contributed by atoms with Crippen LogP contribution in [0.5, 0.6) is 5.75 Å². The summed E-state index contributed by atoms with van der Waals surface area (Å²) >= 11 is 0. The number of halogens is 17. The standard InChI is InChI=1S/C17H8F17NO3/c18-8(9(19)38-7-3-1-6(2-4-7)10(37)35-5-36)11(20,21)12(22,23)13(24,25)14(26,27)15(28,29)16(30,31)17(32,33)34/h1-4,36H,5H2,(H,35,37). The van der Waals surface area contributed by atoms with Crippen LogP contribution in [0.1, 0.15) is 10.4 Å². The molecule has 218 valence electrons. The molecular weight excluding hydrogens is 589 g/mol. The number of carbonyl (C=O) groups is 1. The number of alkyl halides is 15. The number of amides is 1. The van der Waals surface area contributed by atoms with Crippen LogP contribution in [-0.4, -0.2) is 59.5 Å². The molecule has 0 aromatic heterocycles. The minimum absolute atomic E-state index is 0.397. The molecule has 21 heteroatoms. The van der Waals surface area contributed by atoms with Gasteiger partial charge in [-0.2, -0.15) is 74.6 Å². The van der Waals surface area contributed by atoms with E-state index < -0.39 is 77.5 Å². The number of ether oxygens (including phenoxy) is 1. The Morgan fingerprint density at radius 2 is 1.08 bits per heavy atom.